The third-order valence-corrected chi connectivity index (χ3v) is 3.09. The van der Waals surface area contributed by atoms with E-state index in [1.165, 1.54) is 0 Å². The van der Waals surface area contributed by atoms with Crippen LogP contribution in [-0.2, 0) is 11.3 Å². The summed E-state index contributed by atoms with van der Waals surface area (Å²) in [5.74, 6) is 2.21. The van der Waals surface area contributed by atoms with Crippen LogP contribution in [0, 0.1) is 0 Å². The molecule has 0 amide bonds. The topological polar surface area (TPSA) is 64.9 Å². The first-order chi connectivity index (χ1) is 10.3. The van der Waals surface area contributed by atoms with E-state index in [-0.39, 0.29) is 0 Å². The van der Waals surface area contributed by atoms with Gasteiger partial charge >= 0.3 is 0 Å². The molecule has 0 fully saturated rings. The van der Waals surface area contributed by atoms with Gasteiger partial charge in [0, 0.05) is 19.7 Å². The van der Waals surface area contributed by atoms with Crippen LogP contribution >= 0.6 is 0 Å². The predicted octanol–water partition coefficient (Wildman–Crippen LogP) is 2.39. The zero-order valence-corrected chi connectivity index (χ0v) is 12.1. The van der Waals surface area contributed by atoms with Crippen LogP contribution in [0.4, 0.5) is 5.82 Å². The van der Waals surface area contributed by atoms with E-state index >= 15 is 0 Å². The van der Waals surface area contributed by atoms with Crippen LogP contribution < -0.4 is 5.32 Å². The van der Waals surface area contributed by atoms with Gasteiger partial charge in [-0.1, -0.05) is 12.1 Å². The van der Waals surface area contributed by atoms with Crippen LogP contribution in [0.5, 0.6) is 0 Å². The Bertz CT molecular complexity index is 728. The van der Waals surface area contributed by atoms with Gasteiger partial charge in [-0.2, -0.15) is 0 Å². The van der Waals surface area contributed by atoms with Gasteiger partial charge in [0.1, 0.15) is 24.6 Å². The number of hydrogen-bond acceptors (Lipinski definition) is 5. The second kappa shape index (κ2) is 5.88. The molecule has 0 saturated heterocycles. The number of para-hydroxylation sites is 2. The van der Waals surface area contributed by atoms with Crippen molar-refractivity contribution < 1.29 is 4.74 Å². The third kappa shape index (κ3) is 2.71. The Morgan fingerprint density at radius 2 is 2.10 bits per heavy atom. The van der Waals surface area contributed by atoms with E-state index in [0.717, 1.165) is 29.2 Å². The maximum atomic E-state index is 5.14. The maximum Gasteiger partial charge on any atom is 0.158 e. The SMILES string of the molecule is CCNc1cc(-n2cnc3ccccc32)nc(COC)n1. The summed E-state index contributed by atoms with van der Waals surface area (Å²) in [5, 5.41) is 3.22. The lowest BCUT2D eigenvalue weighted by Gasteiger charge is -2.09. The highest BCUT2D eigenvalue weighted by molar-refractivity contribution is 5.76. The molecular weight excluding hydrogens is 266 g/mol. The largest absolute Gasteiger partial charge is 0.377 e. The number of nitrogens with one attached hydrogen (secondary N) is 1. The lowest BCUT2D eigenvalue weighted by molar-refractivity contribution is 0.178. The fourth-order valence-corrected chi connectivity index (χ4v) is 2.21. The first-order valence-corrected chi connectivity index (χ1v) is 6.85. The Kier molecular flexibility index (Phi) is 3.79. The van der Waals surface area contributed by atoms with Gasteiger partial charge in [-0.3, -0.25) is 4.57 Å². The van der Waals surface area contributed by atoms with E-state index in [1.807, 2.05) is 41.8 Å². The van der Waals surface area contributed by atoms with Crippen LogP contribution in [0.3, 0.4) is 0 Å². The normalized spacial score (nSPS) is 11.0. The summed E-state index contributed by atoms with van der Waals surface area (Å²) in [6.07, 6.45) is 1.78. The predicted molar refractivity (Wildman–Crippen MR) is 81.5 cm³/mol. The van der Waals surface area contributed by atoms with Crippen molar-refractivity contribution in [1.29, 1.82) is 0 Å². The standard InChI is InChI=1S/C15H17N5O/c1-3-16-13-8-15(19-14(18-13)9-21-2)20-10-17-11-6-4-5-7-12(11)20/h4-8,10H,3,9H2,1-2H3,(H,16,18,19). The number of anilines is 1. The van der Waals surface area contributed by atoms with Gasteiger partial charge in [0.2, 0.25) is 0 Å². The Balaban J connectivity index is 2.11. The molecule has 1 N–H and O–H groups in total. The number of ether oxygens (including phenoxy) is 1. The molecule has 0 atom stereocenters. The molecule has 6 heteroatoms. The van der Waals surface area contributed by atoms with Crippen molar-refractivity contribution >= 4 is 16.9 Å². The zero-order chi connectivity index (χ0) is 14.7. The van der Waals surface area contributed by atoms with Crippen molar-refractivity contribution in [1.82, 2.24) is 19.5 Å². The number of methoxy groups -OCH3 is 1. The zero-order valence-electron chi connectivity index (χ0n) is 12.1. The van der Waals surface area contributed by atoms with Crippen molar-refractivity contribution in [3.05, 3.63) is 42.5 Å². The Labute approximate surface area is 122 Å². The molecule has 21 heavy (non-hydrogen) atoms. The van der Waals surface area contributed by atoms with Crippen molar-refractivity contribution in [2.24, 2.45) is 0 Å². The molecular formula is C15H17N5O. The summed E-state index contributed by atoms with van der Waals surface area (Å²) < 4.78 is 7.10. The quantitative estimate of drug-likeness (QED) is 0.779. The van der Waals surface area contributed by atoms with Crippen LogP contribution in [-0.4, -0.2) is 33.2 Å². The summed E-state index contributed by atoms with van der Waals surface area (Å²) in [7, 11) is 1.63. The Morgan fingerprint density at radius 3 is 2.90 bits per heavy atom. The highest BCUT2D eigenvalue weighted by atomic mass is 16.5. The molecule has 2 heterocycles. The average Bonchev–Trinajstić information content (AvgIpc) is 2.92. The van der Waals surface area contributed by atoms with Crippen molar-refractivity contribution in [3.8, 4) is 5.82 Å². The number of nitrogens with zero attached hydrogens (tertiary/aromatic N) is 4. The minimum atomic E-state index is 0.374. The van der Waals surface area contributed by atoms with Crippen LogP contribution in [0.2, 0.25) is 0 Å². The number of benzene rings is 1. The van der Waals surface area contributed by atoms with Crippen molar-refractivity contribution in [3.63, 3.8) is 0 Å². The Morgan fingerprint density at radius 1 is 1.24 bits per heavy atom. The van der Waals surface area contributed by atoms with E-state index in [9.17, 15) is 0 Å². The van der Waals surface area contributed by atoms with Gasteiger partial charge < -0.3 is 10.1 Å². The smallest absolute Gasteiger partial charge is 0.158 e. The Hall–Kier alpha value is -2.47. The first-order valence-electron chi connectivity index (χ1n) is 6.85. The molecule has 3 aromatic rings. The van der Waals surface area contributed by atoms with Crippen LogP contribution in [0.25, 0.3) is 16.9 Å². The average molecular weight is 283 g/mol. The lowest BCUT2D eigenvalue weighted by Crippen LogP contribution is -2.08. The molecule has 0 bridgehead atoms. The van der Waals surface area contributed by atoms with E-state index in [1.54, 1.807) is 13.4 Å². The first kappa shape index (κ1) is 13.5. The van der Waals surface area contributed by atoms with Crippen molar-refractivity contribution in [2.45, 2.75) is 13.5 Å². The highest BCUT2D eigenvalue weighted by Gasteiger charge is 2.09. The molecule has 0 aliphatic carbocycles. The molecule has 108 valence electrons. The molecule has 0 unspecified atom stereocenters. The number of aromatic nitrogens is 4. The summed E-state index contributed by atoms with van der Waals surface area (Å²) in [5.41, 5.74) is 1.96. The molecule has 1 aromatic carbocycles. The second-order valence-electron chi connectivity index (χ2n) is 4.59. The molecule has 6 nitrogen and oxygen atoms in total. The number of rotatable bonds is 5. The fourth-order valence-electron chi connectivity index (χ4n) is 2.21. The van der Waals surface area contributed by atoms with Gasteiger partial charge in [0.25, 0.3) is 0 Å². The van der Waals surface area contributed by atoms with E-state index < -0.39 is 0 Å². The number of imidazole rings is 1. The van der Waals surface area contributed by atoms with Gasteiger partial charge in [-0.25, -0.2) is 15.0 Å². The molecule has 0 spiro atoms. The van der Waals surface area contributed by atoms with E-state index in [4.69, 9.17) is 4.74 Å². The molecule has 0 radical (unpaired) electrons. The van der Waals surface area contributed by atoms with Gasteiger partial charge in [-0.05, 0) is 19.1 Å². The summed E-state index contributed by atoms with van der Waals surface area (Å²) >= 11 is 0. The maximum absolute atomic E-state index is 5.14. The molecule has 0 aliphatic rings. The minimum absolute atomic E-state index is 0.374. The summed E-state index contributed by atoms with van der Waals surface area (Å²) in [4.78, 5) is 13.4. The molecule has 2 aromatic heterocycles. The van der Waals surface area contributed by atoms with Gasteiger partial charge in [-0.15, -0.1) is 0 Å². The minimum Gasteiger partial charge on any atom is -0.377 e. The van der Waals surface area contributed by atoms with E-state index in [2.05, 4.69) is 20.3 Å². The molecule has 3 rings (SSSR count). The lowest BCUT2D eigenvalue weighted by atomic mass is 10.3. The second-order valence-corrected chi connectivity index (χ2v) is 4.59. The van der Waals surface area contributed by atoms with Crippen molar-refractivity contribution in [2.75, 3.05) is 19.0 Å². The number of fused-ring (bicyclic) bond motifs is 1. The highest BCUT2D eigenvalue weighted by Crippen LogP contribution is 2.18. The van der Waals surface area contributed by atoms with Gasteiger partial charge in [0.15, 0.2) is 5.82 Å². The number of hydrogen-bond donors (Lipinski definition) is 1. The molecule has 0 saturated carbocycles. The summed E-state index contributed by atoms with van der Waals surface area (Å²) in [6.45, 7) is 3.21. The van der Waals surface area contributed by atoms with Gasteiger partial charge in [0.05, 0.1) is 11.0 Å². The van der Waals surface area contributed by atoms with Crippen LogP contribution in [0.1, 0.15) is 12.7 Å². The van der Waals surface area contributed by atoms with E-state index in [0.29, 0.717) is 12.4 Å². The molecule has 0 aliphatic heterocycles. The fraction of sp³-hybridized carbons (Fsp3) is 0.267. The van der Waals surface area contributed by atoms with Crippen LogP contribution in [0.15, 0.2) is 36.7 Å². The third-order valence-electron chi connectivity index (χ3n) is 3.09. The monoisotopic (exact) mass is 283 g/mol. The summed E-state index contributed by atoms with van der Waals surface area (Å²) in [6, 6.07) is 9.88.